The molecular formula is C15H11F2N5O3S. The van der Waals surface area contributed by atoms with Crippen LogP contribution in [0.4, 0.5) is 14.5 Å². The monoisotopic (exact) mass is 379 g/mol. The number of nitrogens with one attached hydrogen (secondary N) is 1. The highest BCUT2D eigenvalue weighted by molar-refractivity contribution is 7.91. The summed E-state index contributed by atoms with van der Waals surface area (Å²) >= 11 is 0. The van der Waals surface area contributed by atoms with Crippen molar-refractivity contribution in [2.24, 2.45) is 0 Å². The van der Waals surface area contributed by atoms with Gasteiger partial charge in [0.25, 0.3) is 5.91 Å². The van der Waals surface area contributed by atoms with Gasteiger partial charge in [-0.15, -0.1) is 5.10 Å². The van der Waals surface area contributed by atoms with E-state index in [1.807, 2.05) is 0 Å². The Labute approximate surface area is 146 Å². The third kappa shape index (κ3) is 3.57. The Morgan fingerprint density at radius 1 is 1.04 bits per heavy atom. The summed E-state index contributed by atoms with van der Waals surface area (Å²) in [7, 11) is -4.69. The highest BCUT2D eigenvalue weighted by Gasteiger charge is 2.26. The molecule has 0 atom stereocenters. The molecule has 11 heteroatoms. The van der Waals surface area contributed by atoms with E-state index >= 15 is 0 Å². The molecule has 26 heavy (non-hydrogen) atoms. The van der Waals surface area contributed by atoms with Gasteiger partial charge in [0.05, 0.1) is 10.6 Å². The smallest absolute Gasteiger partial charge is 0.322 e. The number of hydrogen-bond acceptors (Lipinski definition) is 6. The molecular weight excluding hydrogens is 368 g/mol. The highest BCUT2D eigenvalue weighted by atomic mass is 32.2. The lowest BCUT2D eigenvalue weighted by atomic mass is 10.2. The summed E-state index contributed by atoms with van der Waals surface area (Å²) in [6.07, 6.45) is 1.42. The fourth-order valence-corrected chi connectivity index (χ4v) is 2.80. The fourth-order valence-electron chi connectivity index (χ4n) is 2.08. The number of rotatable bonds is 5. The lowest BCUT2D eigenvalue weighted by Crippen LogP contribution is -2.14. The lowest BCUT2D eigenvalue weighted by Gasteiger charge is -2.07. The molecule has 0 radical (unpaired) electrons. The van der Waals surface area contributed by atoms with Crippen LogP contribution < -0.4 is 5.32 Å². The van der Waals surface area contributed by atoms with E-state index < -0.39 is 26.4 Å². The predicted molar refractivity (Wildman–Crippen MR) is 86.7 cm³/mol. The van der Waals surface area contributed by atoms with Gasteiger partial charge >= 0.3 is 5.76 Å². The molecule has 0 saturated carbocycles. The van der Waals surface area contributed by atoms with Crippen molar-refractivity contribution in [1.29, 1.82) is 0 Å². The number of carbonyl (C=O) groups excluding carboxylic acids is 1. The molecule has 3 aromatic rings. The van der Waals surface area contributed by atoms with Gasteiger partial charge in [-0.2, -0.15) is 8.78 Å². The van der Waals surface area contributed by atoms with Gasteiger partial charge in [0.1, 0.15) is 6.33 Å². The van der Waals surface area contributed by atoms with E-state index in [4.69, 9.17) is 0 Å². The molecule has 8 nitrogen and oxygen atoms in total. The number of anilines is 1. The number of amides is 1. The minimum atomic E-state index is -4.69. The SMILES string of the molecule is O=C(Nc1ccc(-n2cnnn2)cc1)c1ccc(S(=O)(=O)C(F)F)cc1. The number of carbonyl (C=O) groups is 1. The molecule has 0 unspecified atom stereocenters. The Morgan fingerprint density at radius 3 is 2.23 bits per heavy atom. The first-order valence-corrected chi connectivity index (χ1v) is 8.69. The van der Waals surface area contributed by atoms with Crippen LogP contribution in [-0.4, -0.2) is 40.3 Å². The highest BCUT2D eigenvalue weighted by Crippen LogP contribution is 2.19. The molecule has 1 heterocycles. The molecule has 1 amide bonds. The van der Waals surface area contributed by atoms with Crippen LogP contribution in [-0.2, 0) is 9.84 Å². The van der Waals surface area contributed by atoms with Gasteiger partial charge in [-0.3, -0.25) is 4.79 Å². The van der Waals surface area contributed by atoms with Gasteiger partial charge in [0.2, 0.25) is 9.84 Å². The van der Waals surface area contributed by atoms with Crippen LogP contribution in [0.15, 0.2) is 59.8 Å². The van der Waals surface area contributed by atoms with Crippen molar-refractivity contribution >= 4 is 21.4 Å². The zero-order valence-corrected chi connectivity index (χ0v) is 13.8. The van der Waals surface area contributed by atoms with E-state index in [2.05, 4.69) is 20.8 Å². The van der Waals surface area contributed by atoms with E-state index in [0.29, 0.717) is 11.4 Å². The minimum Gasteiger partial charge on any atom is -0.322 e. The second-order valence-electron chi connectivity index (χ2n) is 5.09. The number of benzene rings is 2. The molecule has 134 valence electrons. The normalized spacial score (nSPS) is 11.5. The van der Waals surface area contributed by atoms with Gasteiger partial charge in [-0.25, -0.2) is 13.1 Å². The number of alkyl halides is 2. The lowest BCUT2D eigenvalue weighted by molar-refractivity contribution is 0.102. The summed E-state index contributed by atoms with van der Waals surface area (Å²) in [4.78, 5) is 11.6. The maximum absolute atomic E-state index is 12.5. The van der Waals surface area contributed by atoms with Crippen LogP contribution in [0, 0.1) is 0 Å². The summed E-state index contributed by atoms with van der Waals surface area (Å²) in [6, 6.07) is 10.9. The van der Waals surface area contributed by atoms with E-state index in [1.54, 1.807) is 24.3 Å². The van der Waals surface area contributed by atoms with Crippen molar-refractivity contribution in [3.05, 3.63) is 60.4 Å². The number of aromatic nitrogens is 4. The van der Waals surface area contributed by atoms with Gasteiger partial charge < -0.3 is 5.32 Å². The summed E-state index contributed by atoms with van der Waals surface area (Å²) in [6.45, 7) is 0. The van der Waals surface area contributed by atoms with Crippen LogP contribution in [0.2, 0.25) is 0 Å². The van der Waals surface area contributed by atoms with E-state index in [0.717, 1.165) is 12.1 Å². The topological polar surface area (TPSA) is 107 Å². The van der Waals surface area contributed by atoms with Crippen molar-refractivity contribution < 1.29 is 22.0 Å². The largest absolute Gasteiger partial charge is 0.341 e. The molecule has 1 aromatic heterocycles. The van der Waals surface area contributed by atoms with Crippen LogP contribution in [0.1, 0.15) is 10.4 Å². The molecule has 0 fully saturated rings. The number of sulfone groups is 1. The Hall–Kier alpha value is -3.21. The van der Waals surface area contributed by atoms with E-state index in [1.165, 1.54) is 23.1 Å². The van der Waals surface area contributed by atoms with Crippen molar-refractivity contribution in [3.8, 4) is 5.69 Å². The molecule has 0 saturated heterocycles. The van der Waals surface area contributed by atoms with Crippen molar-refractivity contribution in [2.45, 2.75) is 10.7 Å². The Balaban J connectivity index is 1.72. The van der Waals surface area contributed by atoms with E-state index in [9.17, 15) is 22.0 Å². The Morgan fingerprint density at radius 2 is 1.69 bits per heavy atom. The molecule has 0 aliphatic rings. The second kappa shape index (κ2) is 6.96. The summed E-state index contributed by atoms with van der Waals surface area (Å²) < 4.78 is 49.2. The van der Waals surface area contributed by atoms with Crippen LogP contribution in [0.5, 0.6) is 0 Å². The maximum atomic E-state index is 12.5. The minimum absolute atomic E-state index is 0.128. The second-order valence-corrected chi connectivity index (χ2v) is 7.00. The van der Waals surface area contributed by atoms with Crippen molar-refractivity contribution in [1.82, 2.24) is 20.2 Å². The summed E-state index contributed by atoms with van der Waals surface area (Å²) in [5.41, 5.74) is 1.30. The zero-order chi connectivity index (χ0) is 18.7. The molecule has 0 spiro atoms. The average Bonchev–Trinajstić information content (AvgIpc) is 3.17. The number of hydrogen-bond donors (Lipinski definition) is 1. The van der Waals surface area contributed by atoms with Crippen LogP contribution in [0.3, 0.4) is 0 Å². The molecule has 0 bridgehead atoms. The third-order valence-electron chi connectivity index (χ3n) is 3.42. The zero-order valence-electron chi connectivity index (χ0n) is 13.0. The first-order chi connectivity index (χ1) is 12.4. The first-order valence-electron chi connectivity index (χ1n) is 7.15. The Kier molecular flexibility index (Phi) is 4.71. The van der Waals surface area contributed by atoms with Crippen molar-refractivity contribution in [2.75, 3.05) is 5.32 Å². The standard InChI is InChI=1S/C15H11F2N5O3S/c16-15(17)26(24,25)13-7-1-10(2-8-13)14(23)19-11-3-5-12(6-4-11)22-9-18-20-21-22/h1-9,15H,(H,19,23). The molecule has 2 aromatic carbocycles. The maximum Gasteiger partial charge on any atom is 0.341 e. The van der Waals surface area contributed by atoms with Crippen LogP contribution >= 0.6 is 0 Å². The van der Waals surface area contributed by atoms with E-state index in [-0.39, 0.29) is 5.56 Å². The van der Waals surface area contributed by atoms with Gasteiger partial charge in [0.15, 0.2) is 0 Å². The molecule has 1 N–H and O–H groups in total. The molecule has 0 aliphatic heterocycles. The molecule has 0 aliphatic carbocycles. The summed E-state index contributed by atoms with van der Waals surface area (Å²) in [5.74, 6) is -4.03. The first kappa shape index (κ1) is 17.6. The molecule has 3 rings (SSSR count). The third-order valence-corrected chi connectivity index (χ3v) is 4.82. The quantitative estimate of drug-likeness (QED) is 0.726. The van der Waals surface area contributed by atoms with Gasteiger partial charge in [0, 0.05) is 11.3 Å². The van der Waals surface area contributed by atoms with Gasteiger partial charge in [-0.1, -0.05) is 0 Å². The predicted octanol–water partition coefficient (Wildman–Crippen LogP) is 1.91. The Bertz CT molecular complexity index is 1000. The van der Waals surface area contributed by atoms with Gasteiger partial charge in [-0.05, 0) is 59.0 Å². The van der Waals surface area contributed by atoms with Crippen molar-refractivity contribution in [3.63, 3.8) is 0 Å². The fraction of sp³-hybridized carbons (Fsp3) is 0.0667. The number of tetrazole rings is 1. The average molecular weight is 379 g/mol. The van der Waals surface area contributed by atoms with Crippen LogP contribution in [0.25, 0.3) is 5.69 Å². The number of nitrogens with zero attached hydrogens (tertiary/aromatic N) is 4. The summed E-state index contributed by atoms with van der Waals surface area (Å²) in [5, 5.41) is 13.4. The number of halogens is 2.